The lowest BCUT2D eigenvalue weighted by Crippen LogP contribution is -2.41. The van der Waals surface area contributed by atoms with Crippen molar-refractivity contribution in [3.8, 4) is 5.75 Å². The van der Waals surface area contributed by atoms with Crippen molar-refractivity contribution < 1.29 is 17.9 Å². The SMILES string of the molecule is CCc1ccc(OCCNC(=O)CN(c2ccc(C(C)C)cc2)S(C)(=O)=O)cc1. The number of hydrogen-bond donors (Lipinski definition) is 1. The van der Waals surface area contributed by atoms with E-state index in [2.05, 4.69) is 26.1 Å². The Bertz CT molecular complexity index is 891. The molecule has 0 heterocycles. The van der Waals surface area contributed by atoms with Gasteiger partial charge in [-0.3, -0.25) is 9.10 Å². The van der Waals surface area contributed by atoms with Crippen molar-refractivity contribution in [2.24, 2.45) is 0 Å². The first-order valence-corrected chi connectivity index (χ1v) is 11.6. The van der Waals surface area contributed by atoms with Crippen molar-refractivity contribution in [2.45, 2.75) is 33.1 Å². The zero-order valence-corrected chi connectivity index (χ0v) is 18.3. The molecule has 0 spiro atoms. The third-order valence-corrected chi connectivity index (χ3v) is 5.70. The zero-order chi connectivity index (χ0) is 21.4. The van der Waals surface area contributed by atoms with Gasteiger partial charge in [-0.05, 0) is 47.7 Å². The van der Waals surface area contributed by atoms with E-state index in [1.54, 1.807) is 12.1 Å². The fraction of sp³-hybridized carbons (Fsp3) is 0.409. The quantitative estimate of drug-likeness (QED) is 0.601. The van der Waals surface area contributed by atoms with E-state index < -0.39 is 10.0 Å². The van der Waals surface area contributed by atoms with E-state index in [0.717, 1.165) is 28.3 Å². The Balaban J connectivity index is 1.89. The van der Waals surface area contributed by atoms with E-state index in [1.165, 1.54) is 5.56 Å². The Morgan fingerprint density at radius 1 is 1.07 bits per heavy atom. The lowest BCUT2D eigenvalue weighted by Gasteiger charge is -2.22. The van der Waals surface area contributed by atoms with Crippen LogP contribution >= 0.6 is 0 Å². The van der Waals surface area contributed by atoms with Gasteiger partial charge in [0.2, 0.25) is 15.9 Å². The molecule has 29 heavy (non-hydrogen) atoms. The molecule has 158 valence electrons. The van der Waals surface area contributed by atoms with Crippen molar-refractivity contribution >= 4 is 21.6 Å². The number of anilines is 1. The van der Waals surface area contributed by atoms with Crippen LogP contribution in [0.4, 0.5) is 5.69 Å². The van der Waals surface area contributed by atoms with Crippen LogP contribution in [0.25, 0.3) is 0 Å². The molecule has 2 aromatic rings. The third-order valence-electron chi connectivity index (χ3n) is 4.56. The second-order valence-electron chi connectivity index (χ2n) is 7.21. The molecule has 0 radical (unpaired) electrons. The fourth-order valence-electron chi connectivity index (χ4n) is 2.79. The normalized spacial score (nSPS) is 11.3. The smallest absolute Gasteiger partial charge is 0.240 e. The first-order valence-electron chi connectivity index (χ1n) is 9.76. The van der Waals surface area contributed by atoms with Crippen molar-refractivity contribution in [1.82, 2.24) is 5.32 Å². The van der Waals surface area contributed by atoms with Gasteiger partial charge in [0.25, 0.3) is 0 Å². The van der Waals surface area contributed by atoms with Crippen molar-refractivity contribution in [3.05, 3.63) is 59.7 Å². The molecular weight excluding hydrogens is 388 g/mol. The minimum absolute atomic E-state index is 0.273. The maximum atomic E-state index is 12.3. The third kappa shape index (κ3) is 7.09. The van der Waals surface area contributed by atoms with Crippen molar-refractivity contribution in [2.75, 3.05) is 30.3 Å². The van der Waals surface area contributed by atoms with E-state index in [1.807, 2.05) is 36.4 Å². The minimum atomic E-state index is -3.59. The number of nitrogens with zero attached hydrogens (tertiary/aromatic N) is 1. The van der Waals surface area contributed by atoms with Gasteiger partial charge in [0.1, 0.15) is 18.9 Å². The van der Waals surface area contributed by atoms with E-state index >= 15 is 0 Å². The molecule has 0 aliphatic rings. The van der Waals surface area contributed by atoms with Gasteiger partial charge in [-0.15, -0.1) is 0 Å². The van der Waals surface area contributed by atoms with Crippen LogP contribution in [0.3, 0.4) is 0 Å². The van der Waals surface area contributed by atoms with E-state index in [4.69, 9.17) is 4.74 Å². The van der Waals surface area contributed by atoms with E-state index in [9.17, 15) is 13.2 Å². The summed E-state index contributed by atoms with van der Waals surface area (Å²) in [6.45, 7) is 6.54. The molecule has 2 rings (SSSR count). The van der Waals surface area contributed by atoms with Crippen LogP contribution in [-0.2, 0) is 21.2 Å². The number of nitrogens with one attached hydrogen (secondary N) is 1. The molecule has 0 bridgehead atoms. The van der Waals surface area contributed by atoms with Crippen molar-refractivity contribution in [3.63, 3.8) is 0 Å². The average molecular weight is 419 g/mol. The minimum Gasteiger partial charge on any atom is -0.492 e. The maximum absolute atomic E-state index is 12.3. The van der Waals surface area contributed by atoms with E-state index in [-0.39, 0.29) is 19.0 Å². The Kier molecular flexibility index (Phi) is 8.08. The number of ether oxygens (including phenoxy) is 1. The number of aryl methyl sites for hydroxylation is 1. The monoisotopic (exact) mass is 418 g/mol. The van der Waals surface area contributed by atoms with Crippen LogP contribution in [0.15, 0.2) is 48.5 Å². The lowest BCUT2D eigenvalue weighted by atomic mass is 10.0. The standard InChI is InChI=1S/C22H30N2O4S/c1-5-18-6-12-21(13-7-18)28-15-14-23-22(25)16-24(29(4,26)27)20-10-8-19(9-11-20)17(2)3/h6-13,17H,5,14-16H2,1-4H3,(H,23,25). The number of benzene rings is 2. The molecule has 0 aliphatic heterocycles. The topological polar surface area (TPSA) is 75.7 Å². The Morgan fingerprint density at radius 3 is 2.21 bits per heavy atom. The molecule has 2 aromatic carbocycles. The largest absolute Gasteiger partial charge is 0.492 e. The molecule has 0 saturated carbocycles. The summed E-state index contributed by atoms with van der Waals surface area (Å²) in [6, 6.07) is 15.0. The summed E-state index contributed by atoms with van der Waals surface area (Å²) in [5.74, 6) is 0.699. The summed E-state index contributed by atoms with van der Waals surface area (Å²) in [5, 5.41) is 2.71. The highest BCUT2D eigenvalue weighted by atomic mass is 32.2. The number of amides is 1. The van der Waals surface area contributed by atoms with Gasteiger partial charge < -0.3 is 10.1 Å². The Morgan fingerprint density at radius 2 is 1.69 bits per heavy atom. The second kappa shape index (κ2) is 10.3. The molecule has 6 nitrogen and oxygen atoms in total. The zero-order valence-electron chi connectivity index (χ0n) is 17.5. The summed E-state index contributed by atoms with van der Waals surface area (Å²) in [4.78, 5) is 12.3. The van der Waals surface area contributed by atoms with Gasteiger partial charge in [0, 0.05) is 0 Å². The van der Waals surface area contributed by atoms with Crippen LogP contribution in [-0.4, -0.2) is 40.3 Å². The molecule has 1 amide bonds. The highest BCUT2D eigenvalue weighted by molar-refractivity contribution is 7.92. The maximum Gasteiger partial charge on any atom is 0.240 e. The van der Waals surface area contributed by atoms with Crippen LogP contribution < -0.4 is 14.4 Å². The van der Waals surface area contributed by atoms with Gasteiger partial charge in [0.15, 0.2) is 0 Å². The predicted molar refractivity (Wildman–Crippen MR) is 117 cm³/mol. The summed E-state index contributed by atoms with van der Waals surface area (Å²) in [5.41, 5.74) is 2.81. The Hall–Kier alpha value is -2.54. The molecule has 0 saturated heterocycles. The van der Waals surface area contributed by atoms with Gasteiger partial charge in [0.05, 0.1) is 18.5 Å². The van der Waals surface area contributed by atoms with Crippen LogP contribution in [0, 0.1) is 0 Å². The number of sulfonamides is 1. The number of hydrogen-bond acceptors (Lipinski definition) is 4. The molecule has 0 fully saturated rings. The predicted octanol–water partition coefficient (Wildman–Crippen LogP) is 3.33. The van der Waals surface area contributed by atoms with Gasteiger partial charge >= 0.3 is 0 Å². The molecule has 0 aliphatic carbocycles. The molecule has 7 heteroatoms. The Labute approximate surface area is 173 Å². The molecule has 1 N–H and O–H groups in total. The van der Waals surface area contributed by atoms with Gasteiger partial charge in [-0.25, -0.2) is 8.42 Å². The number of rotatable bonds is 10. The summed E-state index contributed by atoms with van der Waals surface area (Å²) >= 11 is 0. The molecule has 0 unspecified atom stereocenters. The fourth-order valence-corrected chi connectivity index (χ4v) is 3.65. The number of carbonyl (C=O) groups excluding carboxylic acids is 1. The first kappa shape index (κ1) is 22.7. The van der Waals surface area contributed by atoms with Crippen molar-refractivity contribution in [1.29, 1.82) is 0 Å². The molecular formula is C22H30N2O4S. The second-order valence-corrected chi connectivity index (χ2v) is 9.12. The lowest BCUT2D eigenvalue weighted by molar-refractivity contribution is -0.119. The highest BCUT2D eigenvalue weighted by Gasteiger charge is 2.20. The highest BCUT2D eigenvalue weighted by Crippen LogP contribution is 2.21. The molecule has 0 atom stereocenters. The van der Waals surface area contributed by atoms with Crippen LogP contribution in [0.5, 0.6) is 5.75 Å². The van der Waals surface area contributed by atoms with Crippen LogP contribution in [0.2, 0.25) is 0 Å². The molecule has 0 aromatic heterocycles. The van der Waals surface area contributed by atoms with Gasteiger partial charge in [-0.1, -0.05) is 45.0 Å². The van der Waals surface area contributed by atoms with Crippen LogP contribution in [0.1, 0.15) is 37.8 Å². The number of carbonyl (C=O) groups is 1. The van der Waals surface area contributed by atoms with Gasteiger partial charge in [-0.2, -0.15) is 0 Å². The summed E-state index contributed by atoms with van der Waals surface area (Å²) in [6.07, 6.45) is 2.06. The average Bonchev–Trinajstić information content (AvgIpc) is 2.69. The summed E-state index contributed by atoms with van der Waals surface area (Å²) < 4.78 is 31.1. The first-order chi connectivity index (χ1) is 13.7. The summed E-state index contributed by atoms with van der Waals surface area (Å²) in [7, 11) is -3.59. The van der Waals surface area contributed by atoms with E-state index in [0.29, 0.717) is 18.2 Å².